The minimum Gasteiger partial charge on any atom is -0.493 e. The average molecular weight is 392 g/mol. The normalized spacial score (nSPS) is 15.8. The largest absolute Gasteiger partial charge is 0.493 e. The molecule has 0 saturated heterocycles. The maximum absolute atomic E-state index is 12.5. The number of benzene rings is 1. The smallest absolute Gasteiger partial charge is 0.321 e. The minimum absolute atomic E-state index is 0.170. The van der Waals surface area contributed by atoms with Gasteiger partial charge in [0.1, 0.15) is 0 Å². The van der Waals surface area contributed by atoms with Gasteiger partial charge in [0, 0.05) is 12.6 Å². The van der Waals surface area contributed by atoms with Crippen LogP contribution in [0, 0.1) is 6.92 Å². The topological polar surface area (TPSA) is 79.9 Å². The molecule has 2 N–H and O–H groups in total. The molecule has 3 amide bonds. The standard InChI is InChI=1S/C21H33N3O4/c1-14-11-18(27-4)19(28-5)12-16(14)13-24(3)15(2)20(25)23-21(26)22-17-9-7-6-8-10-17/h11-12,15,17H,6-10,13H2,1-5H3,(H2,22,23,25,26)/t15-/m1/s1. The number of aryl methyl sites for hydroxylation is 1. The first-order chi connectivity index (χ1) is 13.3. The number of likely N-dealkylation sites (N-methyl/N-ethyl adjacent to an activating group) is 1. The number of ether oxygens (including phenoxy) is 2. The van der Waals surface area contributed by atoms with E-state index in [0.717, 1.165) is 36.8 Å². The van der Waals surface area contributed by atoms with Crippen LogP contribution < -0.4 is 20.1 Å². The molecule has 7 heteroatoms. The average Bonchev–Trinajstić information content (AvgIpc) is 2.68. The fourth-order valence-corrected chi connectivity index (χ4v) is 3.48. The highest BCUT2D eigenvalue weighted by molar-refractivity contribution is 5.96. The molecule has 0 aliphatic heterocycles. The summed E-state index contributed by atoms with van der Waals surface area (Å²) < 4.78 is 10.7. The molecule has 0 bridgehead atoms. The molecule has 0 aromatic heterocycles. The van der Waals surface area contributed by atoms with Gasteiger partial charge in [-0.3, -0.25) is 15.0 Å². The van der Waals surface area contributed by atoms with Crippen molar-refractivity contribution in [3.8, 4) is 11.5 Å². The van der Waals surface area contributed by atoms with E-state index in [-0.39, 0.29) is 11.9 Å². The predicted octanol–water partition coefficient (Wildman–Crippen LogP) is 2.99. The number of methoxy groups -OCH3 is 2. The van der Waals surface area contributed by atoms with Gasteiger partial charge in [0.2, 0.25) is 5.91 Å². The first-order valence-corrected chi connectivity index (χ1v) is 9.88. The van der Waals surface area contributed by atoms with Crippen LogP contribution in [0.25, 0.3) is 0 Å². The fourth-order valence-electron chi connectivity index (χ4n) is 3.48. The Morgan fingerprint density at radius 2 is 1.75 bits per heavy atom. The van der Waals surface area contributed by atoms with E-state index in [1.807, 2.05) is 31.0 Å². The first-order valence-electron chi connectivity index (χ1n) is 9.88. The molecule has 1 fully saturated rings. The number of nitrogens with zero attached hydrogens (tertiary/aromatic N) is 1. The lowest BCUT2D eigenvalue weighted by Crippen LogP contribution is -2.50. The molecule has 28 heavy (non-hydrogen) atoms. The van der Waals surface area contributed by atoms with Crippen LogP contribution >= 0.6 is 0 Å². The van der Waals surface area contributed by atoms with Crippen LogP contribution in [-0.4, -0.2) is 50.2 Å². The highest BCUT2D eigenvalue weighted by Crippen LogP contribution is 2.30. The van der Waals surface area contributed by atoms with Gasteiger partial charge < -0.3 is 14.8 Å². The number of carbonyl (C=O) groups excluding carboxylic acids is 2. The van der Waals surface area contributed by atoms with Crippen LogP contribution in [0.4, 0.5) is 4.79 Å². The summed E-state index contributed by atoms with van der Waals surface area (Å²) in [5.41, 5.74) is 2.08. The van der Waals surface area contributed by atoms with Crippen molar-refractivity contribution in [2.45, 2.75) is 64.6 Å². The van der Waals surface area contributed by atoms with Crippen molar-refractivity contribution in [2.24, 2.45) is 0 Å². The van der Waals surface area contributed by atoms with Crippen molar-refractivity contribution in [3.05, 3.63) is 23.3 Å². The maximum Gasteiger partial charge on any atom is 0.321 e. The summed E-state index contributed by atoms with van der Waals surface area (Å²) in [7, 11) is 5.06. The third kappa shape index (κ3) is 5.86. The molecule has 7 nitrogen and oxygen atoms in total. The number of imide groups is 1. The quantitative estimate of drug-likeness (QED) is 0.747. The Kier molecular flexibility index (Phi) is 8.11. The lowest BCUT2D eigenvalue weighted by atomic mass is 9.96. The molecule has 0 unspecified atom stereocenters. The number of hydrogen-bond acceptors (Lipinski definition) is 5. The number of hydrogen-bond donors (Lipinski definition) is 2. The van der Waals surface area contributed by atoms with E-state index in [1.165, 1.54) is 6.42 Å². The van der Waals surface area contributed by atoms with Gasteiger partial charge in [0.15, 0.2) is 11.5 Å². The molecule has 1 atom stereocenters. The molecule has 1 aliphatic carbocycles. The molecule has 1 aliphatic rings. The van der Waals surface area contributed by atoms with Gasteiger partial charge in [-0.2, -0.15) is 0 Å². The lowest BCUT2D eigenvalue weighted by molar-refractivity contribution is -0.124. The molecule has 0 spiro atoms. The van der Waals surface area contributed by atoms with E-state index in [4.69, 9.17) is 9.47 Å². The SMILES string of the molecule is COc1cc(C)c(CN(C)[C@H](C)C(=O)NC(=O)NC2CCCCC2)cc1OC. The Morgan fingerprint density at radius 1 is 1.14 bits per heavy atom. The molecular weight excluding hydrogens is 358 g/mol. The molecule has 0 heterocycles. The number of urea groups is 1. The van der Waals surface area contributed by atoms with Gasteiger partial charge in [-0.1, -0.05) is 19.3 Å². The minimum atomic E-state index is -0.454. The Balaban J connectivity index is 1.93. The Hall–Kier alpha value is -2.28. The van der Waals surface area contributed by atoms with E-state index in [0.29, 0.717) is 18.0 Å². The second kappa shape index (κ2) is 10.3. The molecule has 1 aromatic carbocycles. The summed E-state index contributed by atoms with van der Waals surface area (Å²) in [4.78, 5) is 26.5. The second-order valence-corrected chi connectivity index (χ2v) is 7.52. The number of carbonyl (C=O) groups is 2. The van der Waals surface area contributed by atoms with E-state index < -0.39 is 12.1 Å². The zero-order valence-corrected chi connectivity index (χ0v) is 17.6. The third-order valence-corrected chi connectivity index (χ3v) is 5.48. The highest BCUT2D eigenvalue weighted by atomic mass is 16.5. The molecule has 1 aromatic rings. The number of nitrogens with one attached hydrogen (secondary N) is 2. The van der Waals surface area contributed by atoms with Gasteiger partial charge in [0.05, 0.1) is 20.3 Å². The molecule has 156 valence electrons. The van der Waals surface area contributed by atoms with E-state index in [2.05, 4.69) is 10.6 Å². The summed E-state index contributed by atoms with van der Waals surface area (Å²) in [6.07, 6.45) is 5.44. The summed E-state index contributed by atoms with van der Waals surface area (Å²) in [5, 5.41) is 5.38. The van der Waals surface area contributed by atoms with Crippen molar-refractivity contribution < 1.29 is 19.1 Å². The van der Waals surface area contributed by atoms with Crippen molar-refractivity contribution >= 4 is 11.9 Å². The number of rotatable bonds is 7. The van der Waals surface area contributed by atoms with Crippen LogP contribution in [0.3, 0.4) is 0 Å². The van der Waals surface area contributed by atoms with Gasteiger partial charge >= 0.3 is 6.03 Å². The third-order valence-electron chi connectivity index (χ3n) is 5.48. The maximum atomic E-state index is 12.5. The number of amides is 3. The van der Waals surface area contributed by atoms with E-state index >= 15 is 0 Å². The van der Waals surface area contributed by atoms with Crippen molar-refractivity contribution in [2.75, 3.05) is 21.3 Å². The monoisotopic (exact) mass is 391 g/mol. The Bertz CT molecular complexity index is 686. The van der Waals surface area contributed by atoms with Gasteiger partial charge in [-0.25, -0.2) is 4.79 Å². The van der Waals surface area contributed by atoms with Gasteiger partial charge in [-0.05, 0) is 57.0 Å². The summed E-state index contributed by atoms with van der Waals surface area (Å²) in [6, 6.07) is 3.16. The molecule has 2 rings (SSSR count). The molecular formula is C21H33N3O4. The zero-order chi connectivity index (χ0) is 20.7. The van der Waals surface area contributed by atoms with Crippen molar-refractivity contribution in [3.63, 3.8) is 0 Å². The van der Waals surface area contributed by atoms with Crippen molar-refractivity contribution in [1.82, 2.24) is 15.5 Å². The molecule has 1 saturated carbocycles. The van der Waals surface area contributed by atoms with Crippen LogP contribution in [-0.2, 0) is 11.3 Å². The van der Waals surface area contributed by atoms with E-state index in [1.54, 1.807) is 21.1 Å². The lowest BCUT2D eigenvalue weighted by Gasteiger charge is -2.26. The Labute approximate surface area is 167 Å². The van der Waals surface area contributed by atoms with Crippen LogP contribution in [0.1, 0.15) is 50.2 Å². The van der Waals surface area contributed by atoms with Crippen LogP contribution in [0.2, 0.25) is 0 Å². The van der Waals surface area contributed by atoms with Crippen LogP contribution in [0.15, 0.2) is 12.1 Å². The van der Waals surface area contributed by atoms with Crippen molar-refractivity contribution in [1.29, 1.82) is 0 Å². The summed E-state index contributed by atoms with van der Waals surface area (Å²) in [6.45, 7) is 4.33. The Morgan fingerprint density at radius 3 is 2.36 bits per heavy atom. The van der Waals surface area contributed by atoms with E-state index in [9.17, 15) is 9.59 Å². The second-order valence-electron chi connectivity index (χ2n) is 7.52. The van der Waals surface area contributed by atoms with Gasteiger partial charge in [-0.15, -0.1) is 0 Å². The summed E-state index contributed by atoms with van der Waals surface area (Å²) in [5.74, 6) is 1.02. The van der Waals surface area contributed by atoms with Crippen LogP contribution in [0.5, 0.6) is 11.5 Å². The molecule has 0 radical (unpaired) electrons. The highest BCUT2D eigenvalue weighted by Gasteiger charge is 2.23. The van der Waals surface area contributed by atoms with Gasteiger partial charge in [0.25, 0.3) is 0 Å². The summed E-state index contributed by atoms with van der Waals surface area (Å²) >= 11 is 0. The zero-order valence-electron chi connectivity index (χ0n) is 17.6. The predicted molar refractivity (Wildman–Crippen MR) is 109 cm³/mol. The first kappa shape index (κ1) is 22.0. The fraction of sp³-hybridized carbons (Fsp3) is 0.619.